The molecule has 1 aliphatic rings. The van der Waals surface area contributed by atoms with Gasteiger partial charge in [0.15, 0.2) is 0 Å². The number of aliphatic hydroxyl groups excluding tert-OH is 1. The number of benzene rings is 1. The molecule has 4 atom stereocenters. The Bertz CT molecular complexity index is 411. The summed E-state index contributed by atoms with van der Waals surface area (Å²) in [6, 6.07) is 9.27. The number of quaternary nitrogens is 1. The summed E-state index contributed by atoms with van der Waals surface area (Å²) in [5, 5.41) is 10.2. The van der Waals surface area contributed by atoms with Gasteiger partial charge in [-0.05, 0) is 57.7 Å². The molecule has 3 heteroatoms. The van der Waals surface area contributed by atoms with Gasteiger partial charge in [0.25, 0.3) is 0 Å². The van der Waals surface area contributed by atoms with E-state index in [2.05, 4.69) is 13.8 Å². The number of piperidine rings is 1. The minimum atomic E-state index is -0.395. The van der Waals surface area contributed by atoms with Gasteiger partial charge in [-0.3, -0.25) is 0 Å². The number of ether oxygens (including phenoxy) is 1. The zero-order valence-corrected chi connectivity index (χ0v) is 12.9. The van der Waals surface area contributed by atoms with Crippen molar-refractivity contribution in [2.45, 2.75) is 58.2 Å². The van der Waals surface area contributed by atoms with Gasteiger partial charge in [0.05, 0.1) is 12.1 Å². The van der Waals surface area contributed by atoms with E-state index in [1.54, 1.807) is 0 Å². The maximum Gasteiger partial charge on any atom is 0.137 e. The molecule has 1 aliphatic heterocycles. The molecule has 0 aromatic heterocycles. The van der Waals surface area contributed by atoms with Crippen LogP contribution in [0.25, 0.3) is 0 Å². The van der Waals surface area contributed by atoms with Gasteiger partial charge in [-0.2, -0.15) is 0 Å². The highest BCUT2D eigenvalue weighted by atomic mass is 16.5. The van der Waals surface area contributed by atoms with Gasteiger partial charge in [0.2, 0.25) is 0 Å². The largest absolute Gasteiger partial charge is 0.491 e. The van der Waals surface area contributed by atoms with Crippen LogP contribution in [0.2, 0.25) is 0 Å². The molecular weight excluding hydrogens is 250 g/mol. The Morgan fingerprint density at radius 1 is 1.30 bits per heavy atom. The summed E-state index contributed by atoms with van der Waals surface area (Å²) in [5.41, 5.74) is 1.18. The van der Waals surface area contributed by atoms with Crippen molar-refractivity contribution >= 4 is 0 Å². The third kappa shape index (κ3) is 4.22. The van der Waals surface area contributed by atoms with Crippen molar-refractivity contribution in [1.29, 1.82) is 0 Å². The topological polar surface area (TPSA) is 33.9 Å². The van der Waals surface area contributed by atoms with E-state index in [4.69, 9.17) is 4.74 Å². The first-order valence-corrected chi connectivity index (χ1v) is 7.79. The lowest BCUT2D eigenvalue weighted by Crippen LogP contribution is -3.20. The van der Waals surface area contributed by atoms with Crippen LogP contribution >= 0.6 is 0 Å². The van der Waals surface area contributed by atoms with Crippen LogP contribution in [0.5, 0.6) is 5.75 Å². The van der Waals surface area contributed by atoms with Crippen molar-refractivity contribution in [3.63, 3.8) is 0 Å². The Kier molecular flexibility index (Phi) is 5.44. The summed E-state index contributed by atoms with van der Waals surface area (Å²) in [6.45, 7) is 7.79. The monoisotopic (exact) mass is 278 g/mol. The molecule has 1 aromatic carbocycles. The molecule has 2 N–H and O–H groups in total. The van der Waals surface area contributed by atoms with E-state index in [1.165, 1.54) is 29.7 Å². The van der Waals surface area contributed by atoms with Crippen LogP contribution in [0, 0.1) is 6.92 Å². The predicted molar refractivity (Wildman–Crippen MR) is 81.3 cm³/mol. The van der Waals surface area contributed by atoms with Crippen molar-refractivity contribution in [3.8, 4) is 5.75 Å². The lowest BCUT2D eigenvalue weighted by atomic mass is 9.97. The molecule has 0 bridgehead atoms. The van der Waals surface area contributed by atoms with Crippen molar-refractivity contribution in [3.05, 3.63) is 29.8 Å². The van der Waals surface area contributed by atoms with Gasteiger partial charge in [-0.25, -0.2) is 0 Å². The highest BCUT2D eigenvalue weighted by Gasteiger charge is 2.30. The first-order chi connectivity index (χ1) is 9.56. The van der Waals surface area contributed by atoms with E-state index in [-0.39, 0.29) is 0 Å². The van der Waals surface area contributed by atoms with Crippen molar-refractivity contribution in [2.75, 3.05) is 13.2 Å². The third-order valence-electron chi connectivity index (χ3n) is 4.44. The molecule has 0 aliphatic carbocycles. The number of hydrogen-bond acceptors (Lipinski definition) is 2. The molecule has 112 valence electrons. The molecule has 1 saturated heterocycles. The predicted octanol–water partition coefficient (Wildman–Crippen LogP) is 1.58. The van der Waals surface area contributed by atoms with Crippen molar-refractivity contribution in [2.24, 2.45) is 0 Å². The summed E-state index contributed by atoms with van der Waals surface area (Å²) < 4.78 is 5.70. The molecular formula is C17H28NO2+. The van der Waals surface area contributed by atoms with Crippen LogP contribution in [0.4, 0.5) is 0 Å². The molecule has 20 heavy (non-hydrogen) atoms. The summed E-state index contributed by atoms with van der Waals surface area (Å²) in [4.78, 5) is 1.52. The standard InChI is InChI=1S/C17H27NO2/c1-13-6-4-9-17(10-13)20-12-16(19)11-18-14(2)7-5-8-15(18)3/h4,6,9-10,14-16,19H,5,7-8,11-12H2,1-3H3/p+1/t14-,15+,16-/m0/s1. The highest BCUT2D eigenvalue weighted by molar-refractivity contribution is 5.27. The SMILES string of the molecule is Cc1cccc(OC[C@@H](O)C[NH+]2[C@H](C)CCC[C@@H]2C)c1. The minimum Gasteiger partial charge on any atom is -0.491 e. The number of aliphatic hydroxyl groups is 1. The average molecular weight is 278 g/mol. The Hall–Kier alpha value is -1.06. The molecule has 0 radical (unpaired) electrons. The van der Waals surface area contributed by atoms with Gasteiger partial charge in [-0.1, -0.05) is 12.1 Å². The van der Waals surface area contributed by atoms with Crippen LogP contribution in [-0.4, -0.2) is 36.4 Å². The average Bonchev–Trinajstić information content (AvgIpc) is 2.41. The quantitative estimate of drug-likeness (QED) is 0.857. The summed E-state index contributed by atoms with van der Waals surface area (Å²) in [5.74, 6) is 0.846. The van der Waals surface area contributed by atoms with E-state index in [9.17, 15) is 5.11 Å². The van der Waals surface area contributed by atoms with Crippen LogP contribution in [-0.2, 0) is 0 Å². The Labute approximate surface area is 122 Å². The second-order valence-corrected chi connectivity index (χ2v) is 6.29. The first-order valence-electron chi connectivity index (χ1n) is 7.79. The lowest BCUT2D eigenvalue weighted by Gasteiger charge is -2.36. The molecule has 1 fully saturated rings. The molecule has 2 rings (SSSR count). The van der Waals surface area contributed by atoms with E-state index < -0.39 is 6.10 Å². The summed E-state index contributed by atoms with van der Waals surface area (Å²) >= 11 is 0. The number of likely N-dealkylation sites (tertiary alicyclic amines) is 1. The zero-order valence-electron chi connectivity index (χ0n) is 12.9. The van der Waals surface area contributed by atoms with E-state index >= 15 is 0 Å². The number of rotatable bonds is 5. The van der Waals surface area contributed by atoms with Gasteiger partial charge < -0.3 is 14.7 Å². The maximum atomic E-state index is 10.2. The third-order valence-corrected chi connectivity index (χ3v) is 4.44. The zero-order chi connectivity index (χ0) is 14.5. The molecule has 1 aromatic rings. The van der Waals surface area contributed by atoms with Crippen LogP contribution < -0.4 is 9.64 Å². The van der Waals surface area contributed by atoms with Crippen LogP contribution in [0.1, 0.15) is 38.7 Å². The van der Waals surface area contributed by atoms with E-state index in [1.807, 2.05) is 31.2 Å². The normalized spacial score (nSPS) is 28.1. The lowest BCUT2D eigenvalue weighted by molar-refractivity contribution is -0.954. The highest BCUT2D eigenvalue weighted by Crippen LogP contribution is 2.12. The second kappa shape index (κ2) is 7.09. The number of aryl methyl sites for hydroxylation is 1. The van der Waals surface area contributed by atoms with Gasteiger partial charge in [0.1, 0.15) is 25.0 Å². The van der Waals surface area contributed by atoms with E-state index in [0.717, 1.165) is 12.3 Å². The molecule has 0 saturated carbocycles. The molecule has 0 amide bonds. The van der Waals surface area contributed by atoms with Crippen molar-refractivity contribution < 1.29 is 14.7 Å². The molecule has 1 heterocycles. The fourth-order valence-electron chi connectivity index (χ4n) is 3.22. The first kappa shape index (κ1) is 15.3. The Balaban J connectivity index is 1.81. The fraction of sp³-hybridized carbons (Fsp3) is 0.647. The Morgan fingerprint density at radius 3 is 2.65 bits per heavy atom. The number of hydrogen-bond donors (Lipinski definition) is 2. The van der Waals surface area contributed by atoms with Crippen LogP contribution in [0.15, 0.2) is 24.3 Å². The smallest absolute Gasteiger partial charge is 0.137 e. The fourth-order valence-corrected chi connectivity index (χ4v) is 3.22. The number of nitrogens with one attached hydrogen (secondary N) is 1. The second-order valence-electron chi connectivity index (χ2n) is 6.29. The Morgan fingerprint density at radius 2 is 2.00 bits per heavy atom. The molecule has 1 unspecified atom stereocenters. The maximum absolute atomic E-state index is 10.2. The molecule has 3 nitrogen and oxygen atoms in total. The van der Waals surface area contributed by atoms with Gasteiger partial charge >= 0.3 is 0 Å². The van der Waals surface area contributed by atoms with Crippen LogP contribution in [0.3, 0.4) is 0 Å². The summed E-state index contributed by atoms with van der Waals surface area (Å²) in [7, 11) is 0. The van der Waals surface area contributed by atoms with Gasteiger partial charge in [0, 0.05) is 0 Å². The van der Waals surface area contributed by atoms with E-state index in [0.29, 0.717) is 18.7 Å². The minimum absolute atomic E-state index is 0.381. The van der Waals surface area contributed by atoms with Crippen molar-refractivity contribution in [1.82, 2.24) is 0 Å². The summed E-state index contributed by atoms with van der Waals surface area (Å²) in [6.07, 6.45) is 3.46. The molecule has 0 spiro atoms. The van der Waals surface area contributed by atoms with Gasteiger partial charge in [-0.15, -0.1) is 0 Å².